The number of aryl methyl sites for hydroxylation is 2. The van der Waals surface area contributed by atoms with E-state index < -0.39 is 15.2 Å². The van der Waals surface area contributed by atoms with Gasteiger partial charge in [-0.2, -0.15) is 0 Å². The Labute approximate surface area is 276 Å². The van der Waals surface area contributed by atoms with E-state index in [4.69, 9.17) is 19.6 Å². The Morgan fingerprint density at radius 3 is 1.07 bits per heavy atom. The molecule has 4 heterocycles. The smallest absolute Gasteiger partial charge is 0.329 e. The van der Waals surface area contributed by atoms with Gasteiger partial charge >= 0.3 is 15.2 Å². The summed E-state index contributed by atoms with van der Waals surface area (Å²) in [7, 11) is -7.83. The molecule has 10 N–H and O–H groups in total. The number of hydrogen-bond donors (Lipinski definition) is 4. The zero-order valence-electron chi connectivity index (χ0n) is 23.4. The van der Waals surface area contributed by atoms with Crippen LogP contribution in [0.25, 0.3) is 11.4 Å². The molecular formula is C26H38N4O9P2Ru2. The van der Waals surface area contributed by atoms with Gasteiger partial charge in [-0.15, -0.1) is 0 Å². The Bertz CT molecular complexity index is 1260. The third-order valence-corrected chi connectivity index (χ3v) is 6.56. The van der Waals surface area contributed by atoms with Crippen LogP contribution in [-0.2, 0) is 73.3 Å². The summed E-state index contributed by atoms with van der Waals surface area (Å²) in [5, 5.41) is 0. The average molecular weight is 815 g/mol. The van der Waals surface area contributed by atoms with Crippen LogP contribution in [0.1, 0.15) is 36.1 Å². The Morgan fingerprint density at radius 1 is 0.535 bits per heavy atom. The molecule has 0 saturated carbocycles. The summed E-state index contributed by atoms with van der Waals surface area (Å²) in [4.78, 5) is 50.4. The minimum atomic E-state index is -3.92. The normalized spacial score (nSPS) is 9.72. The van der Waals surface area contributed by atoms with E-state index in [-0.39, 0.29) is 67.7 Å². The number of aromatic nitrogens is 4. The topological polar surface area (TPSA) is 261 Å². The molecule has 0 bridgehead atoms. The molecular weight excluding hydrogens is 776 g/mol. The molecule has 0 amide bonds. The minimum absolute atomic E-state index is 0. The zero-order chi connectivity index (χ0) is 28.0. The van der Waals surface area contributed by atoms with Crippen LogP contribution in [0.3, 0.4) is 0 Å². The van der Waals surface area contributed by atoms with Gasteiger partial charge in [-0.1, -0.05) is 13.8 Å². The van der Waals surface area contributed by atoms with Crippen molar-refractivity contribution in [3.05, 3.63) is 108 Å². The van der Waals surface area contributed by atoms with Crippen LogP contribution in [-0.4, -0.2) is 55.9 Å². The Hall–Kier alpha value is -1.97. The predicted molar refractivity (Wildman–Crippen MR) is 157 cm³/mol. The summed E-state index contributed by atoms with van der Waals surface area (Å²) in [5.74, 6) is 0. The SMILES string of the molecule is CCc1ccnc(-c2cc(CC)ccn2)c1.O.O.O.O=P(O)(O)Cc1ccncc1.O=P(O)(O)Cc1ccncc1.[Ru].[Ru]. The largest absolute Gasteiger partial charge is 0.412 e. The summed E-state index contributed by atoms with van der Waals surface area (Å²) in [6.07, 6.45) is 11.4. The van der Waals surface area contributed by atoms with E-state index in [1.807, 2.05) is 24.5 Å². The summed E-state index contributed by atoms with van der Waals surface area (Å²) in [6, 6.07) is 14.7. The Kier molecular flexibility index (Phi) is 27.2. The van der Waals surface area contributed by atoms with Crippen molar-refractivity contribution in [1.82, 2.24) is 19.9 Å². The maximum Gasteiger partial charge on any atom is 0.329 e. The third kappa shape index (κ3) is 21.4. The first-order chi connectivity index (χ1) is 18.0. The fraction of sp³-hybridized carbons (Fsp3) is 0.231. The Morgan fingerprint density at radius 2 is 0.814 bits per heavy atom. The van der Waals surface area contributed by atoms with E-state index in [9.17, 15) is 9.13 Å². The summed E-state index contributed by atoms with van der Waals surface area (Å²) in [5.41, 5.74) is 5.74. The molecule has 0 saturated heterocycles. The van der Waals surface area contributed by atoms with Crippen LogP contribution >= 0.6 is 15.2 Å². The quantitative estimate of drug-likeness (QED) is 0.156. The van der Waals surface area contributed by atoms with Crippen LogP contribution in [0.5, 0.6) is 0 Å². The molecule has 0 aromatic carbocycles. The van der Waals surface area contributed by atoms with Gasteiger partial charge in [-0.05, 0) is 83.6 Å². The molecule has 0 aliphatic heterocycles. The minimum Gasteiger partial charge on any atom is -0.412 e. The van der Waals surface area contributed by atoms with Gasteiger partial charge < -0.3 is 36.0 Å². The van der Waals surface area contributed by atoms with Crippen molar-refractivity contribution in [3.63, 3.8) is 0 Å². The molecule has 0 spiro atoms. The average Bonchev–Trinajstić information content (AvgIpc) is 2.89. The van der Waals surface area contributed by atoms with Crippen molar-refractivity contribution < 1.29 is 84.1 Å². The standard InChI is InChI=1S/C14H16N2.2C6H8NO3P.3H2O.2Ru/c1-3-11-5-7-15-13(9-11)14-10-12(4-2)6-8-16-14;2*8-11(9,10)5-6-1-3-7-4-2-6;;;;;/h5-10H,3-4H2,1-2H3;2*1-4H,5H2,(H2,8,9,10);3*1H2;;. The van der Waals surface area contributed by atoms with Crippen molar-refractivity contribution in [2.75, 3.05) is 0 Å². The fourth-order valence-electron chi connectivity index (χ4n) is 3.12. The first kappa shape index (κ1) is 47.9. The maximum atomic E-state index is 10.5. The van der Waals surface area contributed by atoms with Gasteiger partial charge in [0.15, 0.2) is 0 Å². The molecule has 4 aromatic rings. The van der Waals surface area contributed by atoms with Crippen LogP contribution in [0.4, 0.5) is 0 Å². The molecule has 43 heavy (non-hydrogen) atoms. The molecule has 0 aliphatic carbocycles. The fourth-order valence-corrected chi connectivity index (χ4v) is 4.49. The van der Waals surface area contributed by atoms with E-state index in [1.165, 1.54) is 35.9 Å². The van der Waals surface area contributed by atoms with Crippen LogP contribution in [0, 0.1) is 0 Å². The summed E-state index contributed by atoms with van der Waals surface area (Å²) in [6.45, 7) is 4.30. The van der Waals surface area contributed by atoms with Gasteiger partial charge in [0.1, 0.15) is 0 Å². The van der Waals surface area contributed by atoms with Crippen molar-refractivity contribution in [2.45, 2.75) is 39.0 Å². The number of hydrogen-bond acceptors (Lipinski definition) is 6. The molecule has 0 aliphatic rings. The van der Waals surface area contributed by atoms with Gasteiger partial charge in [0.25, 0.3) is 0 Å². The van der Waals surface area contributed by atoms with Crippen LogP contribution in [0.2, 0.25) is 0 Å². The summed E-state index contributed by atoms with van der Waals surface area (Å²) >= 11 is 0. The number of nitrogens with zero attached hydrogens (tertiary/aromatic N) is 4. The molecule has 4 aromatic heterocycles. The zero-order valence-corrected chi connectivity index (χ0v) is 28.7. The third-order valence-electron chi connectivity index (χ3n) is 5.00. The molecule has 0 fully saturated rings. The monoisotopic (exact) mass is 816 g/mol. The number of pyridine rings is 4. The van der Waals surface area contributed by atoms with E-state index in [2.05, 4.69) is 45.9 Å². The van der Waals surface area contributed by atoms with Crippen molar-refractivity contribution in [1.29, 1.82) is 0 Å². The molecule has 13 nitrogen and oxygen atoms in total. The van der Waals surface area contributed by atoms with E-state index in [0.717, 1.165) is 24.2 Å². The molecule has 0 unspecified atom stereocenters. The van der Waals surface area contributed by atoms with E-state index in [1.54, 1.807) is 24.3 Å². The van der Waals surface area contributed by atoms with Crippen LogP contribution < -0.4 is 0 Å². The second kappa shape index (κ2) is 24.4. The van der Waals surface area contributed by atoms with Crippen molar-refractivity contribution in [2.24, 2.45) is 0 Å². The second-order valence-corrected chi connectivity index (χ2v) is 11.5. The Balaban J connectivity index is -0.000000257. The maximum absolute atomic E-state index is 10.5. The van der Waals surface area contributed by atoms with Gasteiger partial charge in [0.2, 0.25) is 0 Å². The van der Waals surface area contributed by atoms with Gasteiger partial charge in [-0.3, -0.25) is 29.1 Å². The molecule has 0 radical (unpaired) electrons. The van der Waals surface area contributed by atoms with E-state index in [0.29, 0.717) is 11.1 Å². The van der Waals surface area contributed by atoms with Gasteiger partial charge in [0, 0.05) is 76.1 Å². The molecule has 242 valence electrons. The van der Waals surface area contributed by atoms with Gasteiger partial charge in [0.05, 0.1) is 23.7 Å². The number of rotatable bonds is 7. The molecule has 0 atom stereocenters. The van der Waals surface area contributed by atoms with E-state index >= 15 is 0 Å². The summed E-state index contributed by atoms with van der Waals surface area (Å²) < 4.78 is 20.9. The predicted octanol–water partition coefficient (Wildman–Crippen LogP) is 2.31. The van der Waals surface area contributed by atoms with Crippen LogP contribution in [0.15, 0.2) is 85.7 Å². The second-order valence-electron chi connectivity index (χ2n) is 8.16. The van der Waals surface area contributed by atoms with Crippen molar-refractivity contribution >= 4 is 15.2 Å². The van der Waals surface area contributed by atoms with Gasteiger partial charge in [-0.25, -0.2) is 0 Å². The molecule has 17 heteroatoms. The van der Waals surface area contributed by atoms with Crippen molar-refractivity contribution in [3.8, 4) is 11.4 Å². The first-order valence-corrected chi connectivity index (χ1v) is 15.4. The molecule has 4 rings (SSSR count). The first-order valence-electron chi connectivity index (χ1n) is 11.8.